The summed E-state index contributed by atoms with van der Waals surface area (Å²) in [6.45, 7) is 41.4. The van der Waals surface area contributed by atoms with Crippen molar-refractivity contribution in [2.75, 3.05) is 52.9 Å². The maximum Gasteiger partial charge on any atom is 4.00 e. The van der Waals surface area contributed by atoms with Crippen LogP contribution in [0, 0.1) is 31.1 Å². The molecular formula is C40H92Cl2Li4N6O4U. The molecule has 4 heterocycles. The molecule has 4 saturated heterocycles. The second kappa shape index (κ2) is 57.6. The summed E-state index contributed by atoms with van der Waals surface area (Å²) in [7, 11) is 0. The molecule has 0 unspecified atom stereocenters. The Morgan fingerprint density at radius 1 is 0.246 bits per heavy atom. The molecule has 0 spiro atoms. The van der Waals surface area contributed by atoms with Crippen LogP contribution < -0.4 is 100 Å². The van der Waals surface area contributed by atoms with E-state index in [9.17, 15) is 0 Å². The standard InChI is InChI=1S/6C4H10N.4C4H8O.2ClH.4Li.U/c6*1-4(2,3)5;4*1-2-4-5-3-1;;;;;;;/h6*5H,1-3H3;4*1-4H2;2*1H;;;;;/q6*-1;;;;;;;4*+1;+4/p-2. The molecule has 17 heteroatoms. The van der Waals surface area contributed by atoms with Crippen LogP contribution in [0.15, 0.2) is 0 Å². The SMILES string of the molecule is C1CCOC1.C1CCOC1.C1CCOC1.C1CCOC1.CC(C)(C)[NH-].CC(C)(C)[NH-].CC(C)(C)[NH-].CC(C)(C)[NH-].CC(C)(C)[NH-].CC(C)(C)[NH-].[Cl-].[Cl-].[Li+].[Li+].[Li+].[Li+].[U+4]. The van der Waals surface area contributed by atoms with Crippen LogP contribution in [0.2, 0.25) is 0 Å². The fourth-order valence-corrected chi connectivity index (χ4v) is 2.04. The van der Waals surface area contributed by atoms with Crippen LogP contribution >= 0.6 is 0 Å². The number of nitrogens with one attached hydrogen (secondary N) is 6. The third-order valence-corrected chi connectivity index (χ3v) is 3.31. The van der Waals surface area contributed by atoms with Crippen molar-refractivity contribution >= 4 is 0 Å². The second-order valence-corrected chi connectivity index (χ2v) is 18.8. The molecule has 4 aliphatic rings. The number of rotatable bonds is 0. The average Bonchev–Trinajstić information content (AvgIpc) is 3.65. The molecule has 0 saturated carbocycles. The van der Waals surface area contributed by atoms with Crippen molar-refractivity contribution in [3.63, 3.8) is 0 Å². The number of hydrogen-bond acceptors (Lipinski definition) is 4. The maximum absolute atomic E-state index is 6.94. The Morgan fingerprint density at radius 3 is 0.316 bits per heavy atom. The van der Waals surface area contributed by atoms with Gasteiger partial charge in [-0.05, 0) is 51.4 Å². The molecule has 0 amide bonds. The largest absolute Gasteiger partial charge is 4.00 e. The van der Waals surface area contributed by atoms with Crippen molar-refractivity contribution < 1.29 is 150 Å². The van der Waals surface area contributed by atoms with Gasteiger partial charge in [0.25, 0.3) is 0 Å². The summed E-state index contributed by atoms with van der Waals surface area (Å²) in [5, 5.41) is 0. The summed E-state index contributed by atoms with van der Waals surface area (Å²) in [6, 6.07) is 0. The topological polar surface area (TPSA) is 180 Å². The molecule has 0 aromatic rings. The number of halogens is 2. The van der Waals surface area contributed by atoms with Crippen molar-refractivity contribution in [2.45, 2.75) is 209 Å². The van der Waals surface area contributed by atoms with E-state index in [2.05, 4.69) is 0 Å². The minimum Gasteiger partial charge on any atom is -1.00 e. The molecule has 57 heavy (non-hydrogen) atoms. The average molecular weight is 1060 g/mol. The van der Waals surface area contributed by atoms with Crippen LogP contribution in [-0.4, -0.2) is 86.1 Å². The van der Waals surface area contributed by atoms with Gasteiger partial charge >= 0.3 is 107 Å². The number of ether oxygens (including phenoxy) is 4. The van der Waals surface area contributed by atoms with Crippen LogP contribution in [0.25, 0.3) is 34.4 Å². The van der Waals surface area contributed by atoms with Crippen LogP contribution in [0.1, 0.15) is 176 Å². The van der Waals surface area contributed by atoms with Gasteiger partial charge in [0.1, 0.15) is 0 Å². The van der Waals surface area contributed by atoms with Crippen molar-refractivity contribution in [1.82, 2.24) is 0 Å². The van der Waals surface area contributed by atoms with Crippen molar-refractivity contribution in [1.29, 1.82) is 0 Å². The van der Waals surface area contributed by atoms with Gasteiger partial charge in [0, 0.05) is 52.9 Å². The van der Waals surface area contributed by atoms with Crippen LogP contribution in [-0.2, 0) is 18.9 Å². The van der Waals surface area contributed by atoms with Gasteiger partial charge in [-0.2, -0.15) is 0 Å². The minimum absolute atomic E-state index is 0. The van der Waals surface area contributed by atoms with E-state index in [1.807, 2.05) is 125 Å². The molecule has 0 bridgehead atoms. The van der Waals surface area contributed by atoms with E-state index in [1.54, 1.807) is 0 Å². The second-order valence-electron chi connectivity index (χ2n) is 18.8. The zero-order valence-corrected chi connectivity index (χ0v) is 47.9. The molecule has 4 fully saturated rings. The van der Waals surface area contributed by atoms with Gasteiger partial charge in [-0.1, -0.05) is 125 Å². The summed E-state index contributed by atoms with van der Waals surface area (Å²) < 4.78 is 19.8. The van der Waals surface area contributed by atoms with Crippen molar-refractivity contribution in [3.8, 4) is 0 Å². The first-order valence-electron chi connectivity index (χ1n) is 18.8. The Kier molecular flexibility index (Phi) is 96.1. The predicted molar refractivity (Wildman–Crippen MR) is 225 cm³/mol. The zero-order chi connectivity index (χ0) is 41.1. The molecule has 0 atom stereocenters. The normalized spacial score (nSPS) is 14.7. The molecule has 4 aliphatic heterocycles. The zero-order valence-electron chi connectivity index (χ0n) is 42.2. The van der Waals surface area contributed by atoms with Gasteiger partial charge in [-0.3, -0.25) is 0 Å². The van der Waals surface area contributed by atoms with E-state index >= 15 is 0 Å². The van der Waals surface area contributed by atoms with E-state index in [-0.39, 0.29) is 165 Å². The van der Waals surface area contributed by atoms with E-state index in [1.165, 1.54) is 51.4 Å². The molecule has 4 rings (SSSR count). The Labute approximate surface area is 442 Å². The Morgan fingerprint density at radius 2 is 0.298 bits per heavy atom. The number of hydrogen-bond donors (Lipinski definition) is 0. The quantitative estimate of drug-likeness (QED) is 0.227. The Bertz CT molecular complexity index is 464. The molecule has 6 N–H and O–H groups in total. The Balaban J connectivity index is -0.0000000338. The van der Waals surface area contributed by atoms with Crippen molar-refractivity contribution in [2.24, 2.45) is 0 Å². The van der Waals surface area contributed by atoms with E-state index in [0.717, 1.165) is 52.9 Å². The molecule has 0 aliphatic carbocycles. The van der Waals surface area contributed by atoms with Gasteiger partial charge in [0.15, 0.2) is 0 Å². The fraction of sp³-hybridized carbons (Fsp3) is 1.00. The summed E-state index contributed by atoms with van der Waals surface area (Å²) in [6.07, 6.45) is 10.2. The Hall–Kier alpha value is 3.62. The monoisotopic (exact) mass is 1060 g/mol. The summed E-state index contributed by atoms with van der Waals surface area (Å²) in [5.74, 6) is 0. The molecular weight excluding hydrogens is 965 g/mol. The molecule has 0 aromatic carbocycles. The summed E-state index contributed by atoms with van der Waals surface area (Å²) >= 11 is 0. The van der Waals surface area contributed by atoms with Crippen LogP contribution in [0.4, 0.5) is 0 Å². The summed E-state index contributed by atoms with van der Waals surface area (Å²) in [5.41, 5.74) is 40.1. The minimum atomic E-state index is -0.250. The molecule has 0 radical (unpaired) electrons. The van der Waals surface area contributed by atoms with Gasteiger partial charge in [0.2, 0.25) is 0 Å². The molecule has 328 valence electrons. The van der Waals surface area contributed by atoms with Gasteiger partial charge in [-0.25, -0.2) is 0 Å². The molecule has 10 nitrogen and oxygen atoms in total. The van der Waals surface area contributed by atoms with Gasteiger partial charge < -0.3 is 78.2 Å². The van der Waals surface area contributed by atoms with Crippen molar-refractivity contribution in [3.05, 3.63) is 34.4 Å². The first-order valence-corrected chi connectivity index (χ1v) is 18.8. The third-order valence-electron chi connectivity index (χ3n) is 3.31. The van der Waals surface area contributed by atoms with E-state index in [0.29, 0.717) is 0 Å². The van der Waals surface area contributed by atoms with Crippen LogP contribution in [0.3, 0.4) is 0 Å². The van der Waals surface area contributed by atoms with Gasteiger partial charge in [-0.15, -0.1) is 33.2 Å². The molecule has 0 aromatic heterocycles. The van der Waals surface area contributed by atoms with E-state index in [4.69, 9.17) is 53.3 Å². The maximum atomic E-state index is 6.94. The predicted octanol–water partition coefficient (Wildman–Crippen LogP) is -3.77. The third kappa shape index (κ3) is 355. The van der Waals surface area contributed by atoms with Gasteiger partial charge in [0.05, 0.1) is 0 Å². The fourth-order valence-electron chi connectivity index (χ4n) is 2.04. The first kappa shape index (κ1) is 95.0. The smallest absolute Gasteiger partial charge is 1.00 e. The van der Waals surface area contributed by atoms with Crippen LogP contribution in [0.5, 0.6) is 0 Å². The van der Waals surface area contributed by atoms with E-state index < -0.39 is 0 Å². The summed E-state index contributed by atoms with van der Waals surface area (Å²) in [4.78, 5) is 0. The first-order chi connectivity index (χ1) is 22.0.